The first-order valence-electron chi connectivity index (χ1n) is 8.02. The van der Waals surface area contributed by atoms with Gasteiger partial charge in [0.15, 0.2) is 0 Å². The molecule has 7 nitrogen and oxygen atoms in total. The van der Waals surface area contributed by atoms with Gasteiger partial charge in [0.25, 0.3) is 10.9 Å². The van der Waals surface area contributed by atoms with Gasteiger partial charge in [0.2, 0.25) is 5.12 Å². The minimum absolute atomic E-state index is 0.0336. The maximum atomic E-state index is 12.2. The van der Waals surface area contributed by atoms with Crippen LogP contribution in [0.4, 0.5) is 16.2 Å². The third-order valence-electron chi connectivity index (χ3n) is 4.38. The molecule has 0 N–H and O–H groups in total. The first-order chi connectivity index (χ1) is 13.0. The molecule has 0 unspecified atom stereocenters. The first-order valence-corrected chi connectivity index (χ1v) is 8.84. The number of nitro benzene ring substituents is 1. The molecule has 27 heavy (non-hydrogen) atoms. The Balaban J connectivity index is 1.76. The molecule has 8 heteroatoms. The molecule has 4 rings (SSSR count). The number of carbonyl (C=O) groups is 2. The smallest absolute Gasteiger partial charge is 0.298 e. The summed E-state index contributed by atoms with van der Waals surface area (Å²) in [5.41, 5.74) is 2.54. The Morgan fingerprint density at radius 1 is 1.07 bits per heavy atom. The molecule has 0 spiro atoms. The van der Waals surface area contributed by atoms with E-state index >= 15 is 0 Å². The average Bonchev–Trinajstić information content (AvgIpc) is 3.12. The fourth-order valence-corrected chi connectivity index (χ4v) is 3.75. The number of benzene rings is 2. The van der Waals surface area contributed by atoms with Crippen LogP contribution in [0.5, 0.6) is 0 Å². The van der Waals surface area contributed by atoms with Gasteiger partial charge in [-0.05, 0) is 11.6 Å². The lowest BCUT2D eigenvalue weighted by Gasteiger charge is -2.13. The molecule has 0 radical (unpaired) electrons. The molecule has 134 valence electrons. The Morgan fingerprint density at radius 3 is 2.41 bits per heavy atom. The Hall–Kier alpha value is -3.39. The van der Waals surface area contributed by atoms with Crippen LogP contribution in [-0.4, -0.2) is 19.8 Å². The highest BCUT2D eigenvalue weighted by Gasteiger charge is 2.36. The Kier molecular flexibility index (Phi) is 4.04. The van der Waals surface area contributed by atoms with Gasteiger partial charge in [-0.3, -0.25) is 24.6 Å². The zero-order chi connectivity index (χ0) is 19.1. The molecular formula is C19H13N3O4S. The summed E-state index contributed by atoms with van der Waals surface area (Å²) >= 11 is 0.633. The van der Waals surface area contributed by atoms with E-state index in [4.69, 9.17) is 0 Å². The number of rotatable bonds is 4. The van der Waals surface area contributed by atoms with Gasteiger partial charge < -0.3 is 4.57 Å². The number of thioether (sulfide) groups is 1. The molecule has 2 aromatic carbocycles. The maximum absolute atomic E-state index is 12.2. The minimum Gasteiger partial charge on any atom is -0.341 e. The highest BCUT2D eigenvalue weighted by Crippen LogP contribution is 2.38. The molecule has 1 amide bonds. The number of fused-ring (bicyclic) bond motifs is 1. The number of aromatic nitrogens is 1. The zero-order valence-corrected chi connectivity index (χ0v) is 14.8. The van der Waals surface area contributed by atoms with E-state index in [-0.39, 0.29) is 21.7 Å². The van der Waals surface area contributed by atoms with Gasteiger partial charge in [-0.15, -0.1) is 0 Å². The second kappa shape index (κ2) is 6.40. The van der Waals surface area contributed by atoms with E-state index < -0.39 is 4.92 Å². The fraction of sp³-hybridized carbons (Fsp3) is 0.0526. The summed E-state index contributed by atoms with van der Waals surface area (Å²) < 4.78 is 1.94. The van der Waals surface area contributed by atoms with E-state index in [2.05, 4.69) is 6.58 Å². The Bertz CT molecular complexity index is 1120. The molecule has 1 aliphatic rings. The molecule has 0 atom stereocenters. The second-order valence-corrected chi connectivity index (χ2v) is 6.94. The third-order valence-corrected chi connectivity index (χ3v) is 5.15. The van der Waals surface area contributed by atoms with Crippen LogP contribution in [-0.2, 0) is 11.3 Å². The monoisotopic (exact) mass is 379 g/mol. The first kappa shape index (κ1) is 17.0. The van der Waals surface area contributed by atoms with Crippen LogP contribution in [0.25, 0.3) is 10.9 Å². The van der Waals surface area contributed by atoms with Crippen LogP contribution in [0.1, 0.15) is 5.56 Å². The van der Waals surface area contributed by atoms with Crippen molar-refractivity contribution in [3.05, 3.63) is 82.7 Å². The highest BCUT2D eigenvalue weighted by molar-refractivity contribution is 8.27. The van der Waals surface area contributed by atoms with Crippen LogP contribution in [0.3, 0.4) is 0 Å². The van der Waals surface area contributed by atoms with E-state index in [0.717, 1.165) is 16.5 Å². The predicted molar refractivity (Wildman–Crippen MR) is 104 cm³/mol. The maximum Gasteiger partial charge on any atom is 0.298 e. The van der Waals surface area contributed by atoms with Gasteiger partial charge in [0, 0.05) is 42.0 Å². The minimum atomic E-state index is -0.438. The molecule has 0 bridgehead atoms. The van der Waals surface area contributed by atoms with Crippen molar-refractivity contribution in [1.29, 1.82) is 0 Å². The van der Waals surface area contributed by atoms with Crippen LogP contribution in [0, 0.1) is 10.1 Å². The summed E-state index contributed by atoms with van der Waals surface area (Å²) in [6.45, 7) is 4.20. The van der Waals surface area contributed by atoms with Gasteiger partial charge in [0.05, 0.1) is 21.8 Å². The normalized spacial score (nSPS) is 14.4. The molecule has 0 aliphatic carbocycles. The van der Waals surface area contributed by atoms with Crippen LogP contribution < -0.4 is 4.90 Å². The summed E-state index contributed by atoms with van der Waals surface area (Å²) in [4.78, 5) is 35.8. The number of hydrogen-bond donors (Lipinski definition) is 0. The highest BCUT2D eigenvalue weighted by atomic mass is 32.2. The van der Waals surface area contributed by atoms with E-state index in [9.17, 15) is 19.7 Å². The van der Waals surface area contributed by atoms with Gasteiger partial charge in [-0.25, -0.2) is 0 Å². The molecule has 1 fully saturated rings. The van der Waals surface area contributed by atoms with E-state index in [0.29, 0.717) is 24.0 Å². The molecular weight excluding hydrogens is 366 g/mol. The molecule has 2 heterocycles. The average molecular weight is 379 g/mol. The lowest BCUT2D eigenvalue weighted by Crippen LogP contribution is -2.20. The largest absolute Gasteiger partial charge is 0.341 e. The SMILES string of the molecule is C=C1C(=O)SC(=O)N1c1cn(Cc2ccc([N+](=O)[O-])cc2)c2ccccc12. The zero-order valence-electron chi connectivity index (χ0n) is 14.0. The van der Waals surface area contributed by atoms with Gasteiger partial charge in [-0.2, -0.15) is 0 Å². The van der Waals surface area contributed by atoms with Crippen molar-refractivity contribution in [2.45, 2.75) is 6.54 Å². The topological polar surface area (TPSA) is 85.5 Å². The van der Waals surface area contributed by atoms with Gasteiger partial charge >= 0.3 is 0 Å². The van der Waals surface area contributed by atoms with Crippen molar-refractivity contribution in [3.8, 4) is 0 Å². The molecule has 1 aromatic heterocycles. The number of anilines is 1. The quantitative estimate of drug-likeness (QED) is 0.383. The number of carbonyl (C=O) groups excluding carboxylic acids is 2. The van der Waals surface area contributed by atoms with Gasteiger partial charge in [-0.1, -0.05) is 36.9 Å². The number of hydrogen-bond acceptors (Lipinski definition) is 5. The summed E-state index contributed by atoms with van der Waals surface area (Å²) in [5, 5.41) is 10.9. The summed E-state index contributed by atoms with van der Waals surface area (Å²) in [5.74, 6) is 0. The van der Waals surface area contributed by atoms with Crippen molar-refractivity contribution in [2.24, 2.45) is 0 Å². The Morgan fingerprint density at radius 2 is 1.78 bits per heavy atom. The summed E-state index contributed by atoms with van der Waals surface area (Å²) in [6.07, 6.45) is 1.80. The van der Waals surface area contributed by atoms with Crippen molar-refractivity contribution in [2.75, 3.05) is 4.90 Å². The van der Waals surface area contributed by atoms with Crippen LogP contribution in [0.15, 0.2) is 67.0 Å². The van der Waals surface area contributed by atoms with Crippen molar-refractivity contribution < 1.29 is 14.5 Å². The van der Waals surface area contributed by atoms with Crippen molar-refractivity contribution in [3.63, 3.8) is 0 Å². The van der Waals surface area contributed by atoms with Crippen LogP contribution >= 0.6 is 11.8 Å². The van der Waals surface area contributed by atoms with Crippen LogP contribution in [0.2, 0.25) is 0 Å². The molecule has 1 aliphatic heterocycles. The lowest BCUT2D eigenvalue weighted by atomic mass is 10.2. The number of nitrogens with zero attached hydrogens (tertiary/aromatic N) is 3. The summed E-state index contributed by atoms with van der Waals surface area (Å²) in [6, 6.07) is 13.9. The van der Waals surface area contributed by atoms with Gasteiger partial charge in [0.1, 0.15) is 0 Å². The second-order valence-electron chi connectivity index (χ2n) is 6.02. The van der Waals surface area contributed by atoms with E-state index in [1.165, 1.54) is 17.0 Å². The summed E-state index contributed by atoms with van der Waals surface area (Å²) in [7, 11) is 0. The third kappa shape index (κ3) is 2.89. The number of non-ortho nitro benzene ring substituents is 1. The number of nitro groups is 1. The number of para-hydroxylation sites is 1. The van der Waals surface area contributed by atoms with Crippen molar-refractivity contribution in [1.82, 2.24) is 4.57 Å². The van der Waals surface area contributed by atoms with E-state index in [1.54, 1.807) is 18.3 Å². The molecule has 1 saturated heterocycles. The fourth-order valence-electron chi connectivity index (χ4n) is 3.09. The number of amides is 1. The Labute approximate surface area is 158 Å². The predicted octanol–water partition coefficient (Wildman–Crippen LogP) is 4.31. The lowest BCUT2D eigenvalue weighted by molar-refractivity contribution is -0.384. The molecule has 0 saturated carbocycles. The van der Waals surface area contributed by atoms with E-state index in [1.807, 2.05) is 28.8 Å². The van der Waals surface area contributed by atoms with Crippen molar-refractivity contribution >= 4 is 44.4 Å². The standard InChI is InChI=1S/C19H13N3O4S/c1-12-18(23)27-19(24)21(12)17-11-20(16-5-3-2-4-15(16)17)10-13-6-8-14(9-7-13)22(25)26/h2-9,11H,1,10H2. The molecule has 3 aromatic rings.